The van der Waals surface area contributed by atoms with E-state index in [1.807, 2.05) is 12.1 Å². The second kappa shape index (κ2) is 12.2. The zero-order valence-corrected chi connectivity index (χ0v) is 29.4. The molecular formula is C52H33NO. The number of benzene rings is 9. The molecule has 11 rings (SSSR count). The lowest BCUT2D eigenvalue weighted by atomic mass is 9.96. The lowest BCUT2D eigenvalue weighted by molar-refractivity contribution is 0.669. The van der Waals surface area contributed by atoms with Crippen molar-refractivity contribution in [2.24, 2.45) is 0 Å². The highest BCUT2D eigenvalue weighted by Crippen LogP contribution is 2.43. The fourth-order valence-corrected chi connectivity index (χ4v) is 8.42. The molecule has 0 aliphatic heterocycles. The van der Waals surface area contributed by atoms with Crippen LogP contribution in [0.5, 0.6) is 0 Å². The third kappa shape index (κ3) is 4.88. The molecule has 0 aliphatic rings. The lowest BCUT2D eigenvalue weighted by Gasteiger charge is -2.16. The normalized spacial score (nSPS) is 11.7. The third-order valence-corrected chi connectivity index (χ3v) is 11.0. The molecule has 9 aromatic carbocycles. The Morgan fingerprint density at radius 3 is 1.67 bits per heavy atom. The van der Waals surface area contributed by atoms with Crippen LogP contribution in [0.1, 0.15) is 0 Å². The molecule has 0 unspecified atom stereocenters. The van der Waals surface area contributed by atoms with Crippen LogP contribution in [-0.2, 0) is 0 Å². The molecule has 2 nitrogen and oxygen atoms in total. The Hall–Kier alpha value is -7.16. The number of furan rings is 1. The predicted octanol–water partition coefficient (Wildman–Crippen LogP) is 14.5. The van der Waals surface area contributed by atoms with Crippen molar-refractivity contribution < 1.29 is 4.42 Å². The number of hydrogen-bond donors (Lipinski definition) is 0. The van der Waals surface area contributed by atoms with E-state index in [4.69, 9.17) is 4.42 Å². The number of aromatic nitrogens is 1. The molecule has 0 N–H and O–H groups in total. The number of nitrogens with zero attached hydrogens (tertiary/aromatic N) is 1. The standard InChI is InChI=1S/C52H33NO/c1-3-12-34(13-4-1)36-22-24-37(25-23-36)41-30-40(35-14-5-2-6-15-35)31-42(32-41)53-48-29-27-38-16-7-8-17-43(38)51(48)47-20-11-19-44(52(47)53)39-26-28-46-45-18-9-10-21-49(45)54-50(46)33-39/h1-33H. The second-order valence-electron chi connectivity index (χ2n) is 14.1. The molecule has 0 saturated carbocycles. The van der Waals surface area contributed by atoms with Crippen LogP contribution < -0.4 is 0 Å². The fraction of sp³-hybridized carbons (Fsp3) is 0. The predicted molar refractivity (Wildman–Crippen MR) is 227 cm³/mol. The number of para-hydroxylation sites is 2. The Morgan fingerprint density at radius 1 is 0.333 bits per heavy atom. The summed E-state index contributed by atoms with van der Waals surface area (Å²) in [5.74, 6) is 0. The molecule has 0 saturated heterocycles. The molecule has 0 fully saturated rings. The molecule has 0 radical (unpaired) electrons. The molecule has 2 aromatic heterocycles. The molecule has 54 heavy (non-hydrogen) atoms. The summed E-state index contributed by atoms with van der Waals surface area (Å²) in [7, 11) is 0. The number of rotatable bonds is 5. The van der Waals surface area contributed by atoms with Gasteiger partial charge in [-0.2, -0.15) is 0 Å². The highest BCUT2D eigenvalue weighted by molar-refractivity contribution is 6.23. The van der Waals surface area contributed by atoms with Gasteiger partial charge < -0.3 is 8.98 Å². The van der Waals surface area contributed by atoms with Crippen molar-refractivity contribution in [1.29, 1.82) is 0 Å². The van der Waals surface area contributed by atoms with Gasteiger partial charge in [-0.15, -0.1) is 0 Å². The Labute approximate surface area is 312 Å². The van der Waals surface area contributed by atoms with Crippen LogP contribution in [0, 0.1) is 0 Å². The van der Waals surface area contributed by atoms with E-state index in [-0.39, 0.29) is 0 Å². The van der Waals surface area contributed by atoms with Gasteiger partial charge in [0.1, 0.15) is 11.2 Å². The first-order chi connectivity index (χ1) is 26.8. The largest absolute Gasteiger partial charge is 0.456 e. The summed E-state index contributed by atoms with van der Waals surface area (Å²) in [6.07, 6.45) is 0. The molecule has 0 amide bonds. The highest BCUT2D eigenvalue weighted by atomic mass is 16.3. The molecule has 2 heteroatoms. The van der Waals surface area contributed by atoms with Gasteiger partial charge in [0.05, 0.1) is 11.0 Å². The minimum Gasteiger partial charge on any atom is -0.456 e. The second-order valence-corrected chi connectivity index (χ2v) is 14.1. The summed E-state index contributed by atoms with van der Waals surface area (Å²) < 4.78 is 8.91. The van der Waals surface area contributed by atoms with Crippen molar-refractivity contribution >= 4 is 54.5 Å². The third-order valence-electron chi connectivity index (χ3n) is 11.0. The smallest absolute Gasteiger partial charge is 0.136 e. The van der Waals surface area contributed by atoms with Crippen molar-refractivity contribution in [3.05, 3.63) is 200 Å². The average molecular weight is 688 g/mol. The molecule has 2 heterocycles. The number of hydrogen-bond acceptors (Lipinski definition) is 1. The van der Waals surface area contributed by atoms with Gasteiger partial charge in [0.25, 0.3) is 0 Å². The van der Waals surface area contributed by atoms with E-state index in [9.17, 15) is 0 Å². The summed E-state index contributed by atoms with van der Waals surface area (Å²) in [6.45, 7) is 0. The summed E-state index contributed by atoms with van der Waals surface area (Å²) in [5.41, 5.74) is 14.7. The summed E-state index contributed by atoms with van der Waals surface area (Å²) in [4.78, 5) is 0. The zero-order chi connectivity index (χ0) is 35.6. The summed E-state index contributed by atoms with van der Waals surface area (Å²) in [6, 6.07) is 72.3. The minimum atomic E-state index is 0.895. The van der Waals surface area contributed by atoms with Gasteiger partial charge in [0, 0.05) is 32.8 Å². The molecule has 0 bridgehead atoms. The SMILES string of the molecule is c1ccc(-c2ccc(-c3cc(-c4ccccc4)cc(-n4c5ccc6ccccc6c5c5cccc(-c6ccc7c(c6)oc6ccccc67)c54)c3)cc2)cc1. The van der Waals surface area contributed by atoms with Crippen LogP contribution in [0.25, 0.3) is 105 Å². The van der Waals surface area contributed by atoms with Crippen LogP contribution in [-0.4, -0.2) is 4.57 Å². The maximum atomic E-state index is 6.42. The maximum absolute atomic E-state index is 6.42. The Bertz CT molecular complexity index is 3190. The van der Waals surface area contributed by atoms with Gasteiger partial charge in [-0.1, -0.05) is 158 Å². The lowest BCUT2D eigenvalue weighted by Crippen LogP contribution is -1.97. The van der Waals surface area contributed by atoms with E-state index in [1.165, 1.54) is 66.0 Å². The Balaban J connectivity index is 1.20. The molecule has 252 valence electrons. The number of fused-ring (bicyclic) bond motifs is 8. The van der Waals surface area contributed by atoms with Crippen molar-refractivity contribution in [2.45, 2.75) is 0 Å². The quantitative estimate of drug-likeness (QED) is 0.176. The van der Waals surface area contributed by atoms with E-state index >= 15 is 0 Å². The van der Waals surface area contributed by atoms with Gasteiger partial charge in [-0.25, -0.2) is 0 Å². The van der Waals surface area contributed by atoms with Crippen molar-refractivity contribution in [2.75, 3.05) is 0 Å². The molecule has 0 atom stereocenters. The van der Waals surface area contributed by atoms with E-state index in [0.717, 1.165) is 38.8 Å². The van der Waals surface area contributed by atoms with Gasteiger partial charge >= 0.3 is 0 Å². The molecular weight excluding hydrogens is 655 g/mol. The van der Waals surface area contributed by atoms with Crippen LogP contribution >= 0.6 is 0 Å². The Kier molecular flexibility index (Phi) is 6.90. The minimum absolute atomic E-state index is 0.895. The Morgan fingerprint density at radius 2 is 0.907 bits per heavy atom. The van der Waals surface area contributed by atoms with Gasteiger partial charge in [0.2, 0.25) is 0 Å². The van der Waals surface area contributed by atoms with Crippen molar-refractivity contribution in [1.82, 2.24) is 4.57 Å². The first-order valence-electron chi connectivity index (χ1n) is 18.5. The summed E-state index contributed by atoms with van der Waals surface area (Å²) in [5, 5.41) is 7.23. The van der Waals surface area contributed by atoms with Gasteiger partial charge in [-0.05, 0) is 92.2 Å². The van der Waals surface area contributed by atoms with Crippen LogP contribution in [0.2, 0.25) is 0 Å². The summed E-state index contributed by atoms with van der Waals surface area (Å²) >= 11 is 0. The average Bonchev–Trinajstić information content (AvgIpc) is 3.80. The molecule has 0 aliphatic carbocycles. The van der Waals surface area contributed by atoms with Gasteiger partial charge in [-0.3, -0.25) is 0 Å². The van der Waals surface area contributed by atoms with E-state index in [1.54, 1.807) is 0 Å². The van der Waals surface area contributed by atoms with Gasteiger partial charge in [0.15, 0.2) is 0 Å². The molecule has 0 spiro atoms. The van der Waals surface area contributed by atoms with E-state index in [0.29, 0.717) is 0 Å². The first kappa shape index (κ1) is 30.5. The zero-order valence-electron chi connectivity index (χ0n) is 29.4. The van der Waals surface area contributed by atoms with Crippen LogP contribution in [0.4, 0.5) is 0 Å². The monoisotopic (exact) mass is 687 g/mol. The fourth-order valence-electron chi connectivity index (χ4n) is 8.42. The van der Waals surface area contributed by atoms with Crippen molar-refractivity contribution in [3.63, 3.8) is 0 Å². The van der Waals surface area contributed by atoms with E-state index < -0.39 is 0 Å². The first-order valence-corrected chi connectivity index (χ1v) is 18.5. The molecule has 11 aromatic rings. The van der Waals surface area contributed by atoms with E-state index in [2.05, 4.69) is 193 Å². The van der Waals surface area contributed by atoms with Crippen LogP contribution in [0.15, 0.2) is 205 Å². The topological polar surface area (TPSA) is 18.1 Å². The maximum Gasteiger partial charge on any atom is 0.136 e. The van der Waals surface area contributed by atoms with Crippen LogP contribution in [0.3, 0.4) is 0 Å². The van der Waals surface area contributed by atoms with Crippen molar-refractivity contribution in [3.8, 4) is 50.2 Å². The highest BCUT2D eigenvalue weighted by Gasteiger charge is 2.20.